The van der Waals surface area contributed by atoms with Crippen LogP contribution in [0.1, 0.15) is 24.0 Å². The summed E-state index contributed by atoms with van der Waals surface area (Å²) < 4.78 is 71.1. The van der Waals surface area contributed by atoms with E-state index in [2.05, 4.69) is 4.99 Å². The number of carbonyl (C=O) groups is 2. The van der Waals surface area contributed by atoms with Crippen LogP contribution in [0.4, 0.5) is 17.6 Å². The van der Waals surface area contributed by atoms with E-state index in [-0.39, 0.29) is 37.6 Å². The van der Waals surface area contributed by atoms with Crippen LogP contribution in [0.3, 0.4) is 0 Å². The molecule has 0 spiro atoms. The Balaban J connectivity index is 2.90. The monoisotopic (exact) mass is 494 g/mol. The molecule has 2 atom stereocenters. The average Bonchev–Trinajstić information content (AvgIpc) is 2.76. The smallest absolute Gasteiger partial charge is 0.418 e. The maximum atomic E-state index is 14.0. The number of nitrogens with zero attached hydrogens (tertiary/aromatic N) is 1. The van der Waals surface area contributed by atoms with Gasteiger partial charge in [-0.25, -0.2) is 9.18 Å². The minimum Gasteiger partial charge on any atom is -0.468 e. The third-order valence-corrected chi connectivity index (χ3v) is 5.16. The minimum absolute atomic E-state index is 0.0378. The van der Waals surface area contributed by atoms with Gasteiger partial charge in [-0.1, -0.05) is 23.7 Å². The highest BCUT2D eigenvalue weighted by Crippen LogP contribution is 2.47. The number of carbonyl (C=O) groups excluding carboxylic acids is 2. The van der Waals surface area contributed by atoms with Gasteiger partial charge in [0, 0.05) is 12.5 Å². The van der Waals surface area contributed by atoms with Crippen molar-refractivity contribution in [2.45, 2.75) is 19.0 Å². The van der Waals surface area contributed by atoms with E-state index >= 15 is 0 Å². The third-order valence-electron chi connectivity index (χ3n) is 4.85. The summed E-state index contributed by atoms with van der Waals surface area (Å²) in [5, 5.41) is -0.655. The fourth-order valence-corrected chi connectivity index (χ4v) is 3.89. The standard InChI is InChI=1S/C21H23ClF4N2O5/c1-3-33-20(30)17-14(10-32-8-7-27)28-13(9-23)16(19(29)31-2)15(17)11-5-4-6-12(22)18(11)21(24,25)26/h4-6,15-16H,3,7-10,27H2,1-2H3. The van der Waals surface area contributed by atoms with E-state index in [1.165, 1.54) is 13.0 Å². The average molecular weight is 495 g/mol. The van der Waals surface area contributed by atoms with Crippen LogP contribution in [0.5, 0.6) is 0 Å². The summed E-state index contributed by atoms with van der Waals surface area (Å²) in [4.78, 5) is 29.6. The van der Waals surface area contributed by atoms with Gasteiger partial charge in [0.05, 0.1) is 54.5 Å². The quantitative estimate of drug-likeness (QED) is 0.321. The first-order valence-corrected chi connectivity index (χ1v) is 10.2. The molecule has 7 nitrogen and oxygen atoms in total. The normalized spacial score (nSPS) is 18.7. The van der Waals surface area contributed by atoms with E-state index < -0.39 is 58.5 Å². The Morgan fingerprint density at radius 2 is 1.97 bits per heavy atom. The molecule has 0 radical (unpaired) electrons. The van der Waals surface area contributed by atoms with Crippen LogP contribution < -0.4 is 5.73 Å². The van der Waals surface area contributed by atoms with E-state index in [1.807, 2.05) is 0 Å². The molecule has 2 unspecified atom stereocenters. The number of ether oxygens (including phenoxy) is 3. The number of hydrogen-bond acceptors (Lipinski definition) is 7. The molecule has 0 fully saturated rings. The van der Waals surface area contributed by atoms with Gasteiger partial charge in [-0.05, 0) is 18.6 Å². The predicted octanol–water partition coefficient (Wildman–Crippen LogP) is 3.45. The number of halogens is 5. The number of esters is 2. The molecule has 1 heterocycles. The van der Waals surface area contributed by atoms with Gasteiger partial charge in [-0.3, -0.25) is 9.79 Å². The molecular weight excluding hydrogens is 472 g/mol. The minimum atomic E-state index is -4.95. The Morgan fingerprint density at radius 1 is 1.27 bits per heavy atom. The molecule has 0 bridgehead atoms. The van der Waals surface area contributed by atoms with Crippen molar-refractivity contribution in [1.29, 1.82) is 0 Å². The van der Waals surface area contributed by atoms with Gasteiger partial charge in [0.25, 0.3) is 0 Å². The first-order chi connectivity index (χ1) is 15.6. The number of hydrogen-bond donors (Lipinski definition) is 1. The molecule has 1 aromatic carbocycles. The Kier molecular flexibility index (Phi) is 9.38. The molecule has 0 saturated carbocycles. The Hall–Kier alpha value is -2.50. The van der Waals surface area contributed by atoms with E-state index in [4.69, 9.17) is 31.5 Å². The summed E-state index contributed by atoms with van der Waals surface area (Å²) in [6, 6.07) is 3.32. The maximum Gasteiger partial charge on any atom is 0.418 e. The third kappa shape index (κ3) is 5.90. The molecule has 12 heteroatoms. The molecular formula is C21H23ClF4N2O5. The lowest BCUT2D eigenvalue weighted by Gasteiger charge is -2.33. The zero-order valence-electron chi connectivity index (χ0n) is 17.9. The molecule has 1 aromatic rings. The second-order valence-corrected chi connectivity index (χ2v) is 7.25. The highest BCUT2D eigenvalue weighted by Gasteiger charge is 2.48. The van der Waals surface area contributed by atoms with Crippen LogP contribution in [0, 0.1) is 5.92 Å². The van der Waals surface area contributed by atoms with Crippen LogP contribution in [0.2, 0.25) is 5.02 Å². The molecule has 0 aromatic heterocycles. The Bertz CT molecular complexity index is 949. The highest BCUT2D eigenvalue weighted by molar-refractivity contribution is 6.31. The van der Waals surface area contributed by atoms with E-state index in [0.29, 0.717) is 0 Å². The lowest BCUT2D eigenvalue weighted by atomic mass is 9.74. The van der Waals surface area contributed by atoms with Gasteiger partial charge >= 0.3 is 18.1 Å². The Labute approximate surface area is 192 Å². The highest BCUT2D eigenvalue weighted by atomic mass is 35.5. The molecule has 2 N–H and O–H groups in total. The van der Waals surface area contributed by atoms with Gasteiger partial charge < -0.3 is 19.9 Å². The van der Waals surface area contributed by atoms with Gasteiger partial charge in [0.15, 0.2) is 0 Å². The van der Waals surface area contributed by atoms with Crippen molar-refractivity contribution in [1.82, 2.24) is 0 Å². The Morgan fingerprint density at radius 3 is 2.52 bits per heavy atom. The van der Waals surface area contributed by atoms with E-state index in [9.17, 15) is 27.2 Å². The largest absolute Gasteiger partial charge is 0.468 e. The van der Waals surface area contributed by atoms with Gasteiger partial charge in [-0.15, -0.1) is 0 Å². The van der Waals surface area contributed by atoms with Crippen molar-refractivity contribution >= 4 is 29.3 Å². The number of alkyl halides is 4. The molecule has 0 aliphatic carbocycles. The summed E-state index contributed by atoms with van der Waals surface area (Å²) >= 11 is 5.88. The van der Waals surface area contributed by atoms with Crippen molar-refractivity contribution in [2.75, 3.05) is 40.1 Å². The molecule has 0 amide bonds. The molecule has 33 heavy (non-hydrogen) atoms. The van der Waals surface area contributed by atoms with Crippen LogP contribution in [-0.4, -0.2) is 57.8 Å². The van der Waals surface area contributed by atoms with Gasteiger partial charge in [-0.2, -0.15) is 13.2 Å². The molecule has 182 valence electrons. The first-order valence-electron chi connectivity index (χ1n) is 9.87. The number of rotatable bonds is 9. The zero-order chi connectivity index (χ0) is 24.8. The fourth-order valence-electron chi connectivity index (χ4n) is 3.60. The van der Waals surface area contributed by atoms with Crippen LogP contribution in [0.25, 0.3) is 0 Å². The summed E-state index contributed by atoms with van der Waals surface area (Å²) in [5.74, 6) is -5.42. The number of methoxy groups -OCH3 is 1. The fraction of sp³-hybridized carbons (Fsp3) is 0.476. The number of aliphatic imine (C=N–C) groups is 1. The zero-order valence-corrected chi connectivity index (χ0v) is 18.6. The summed E-state index contributed by atoms with van der Waals surface area (Å²) in [6.07, 6.45) is -4.95. The van der Waals surface area contributed by atoms with Crippen molar-refractivity contribution in [2.24, 2.45) is 16.6 Å². The maximum absolute atomic E-state index is 14.0. The predicted molar refractivity (Wildman–Crippen MR) is 112 cm³/mol. The van der Waals surface area contributed by atoms with Crippen molar-refractivity contribution in [3.8, 4) is 0 Å². The second-order valence-electron chi connectivity index (χ2n) is 6.84. The van der Waals surface area contributed by atoms with Crippen LogP contribution in [0.15, 0.2) is 34.5 Å². The first kappa shape index (κ1) is 26.7. The molecule has 1 aliphatic rings. The van der Waals surface area contributed by atoms with E-state index in [0.717, 1.165) is 19.2 Å². The van der Waals surface area contributed by atoms with Crippen molar-refractivity contribution in [3.05, 3.63) is 45.6 Å². The van der Waals surface area contributed by atoms with Crippen molar-refractivity contribution in [3.63, 3.8) is 0 Å². The van der Waals surface area contributed by atoms with Crippen LogP contribution in [-0.2, 0) is 30.0 Å². The molecule has 1 aliphatic heterocycles. The van der Waals surface area contributed by atoms with Crippen molar-refractivity contribution < 1.29 is 41.4 Å². The molecule has 2 rings (SSSR count). The SMILES string of the molecule is CCOC(=O)C1=C(COCCN)N=C(CF)C(C(=O)OC)C1c1cccc(Cl)c1C(F)(F)F. The van der Waals surface area contributed by atoms with Gasteiger partial charge in [0.2, 0.25) is 0 Å². The summed E-state index contributed by atoms with van der Waals surface area (Å²) in [6.45, 7) is -0.125. The number of benzene rings is 1. The molecule has 0 saturated heterocycles. The summed E-state index contributed by atoms with van der Waals surface area (Å²) in [5.41, 5.74) is 2.63. The lowest BCUT2D eigenvalue weighted by Crippen LogP contribution is -2.39. The number of nitrogens with two attached hydrogens (primary N) is 1. The second kappa shape index (κ2) is 11.6. The summed E-state index contributed by atoms with van der Waals surface area (Å²) in [7, 11) is 0.992. The van der Waals surface area contributed by atoms with Crippen LogP contribution >= 0.6 is 11.6 Å². The van der Waals surface area contributed by atoms with E-state index in [1.54, 1.807) is 0 Å². The topological polar surface area (TPSA) is 100 Å². The lowest BCUT2D eigenvalue weighted by molar-refractivity contribution is -0.145. The van der Waals surface area contributed by atoms with Gasteiger partial charge in [0.1, 0.15) is 12.6 Å².